The molecule has 156 valence electrons. The number of carbonyl (C=O) groups excluding carboxylic acids is 2. The molecule has 30 heavy (non-hydrogen) atoms. The van der Waals surface area contributed by atoms with Gasteiger partial charge in [-0.2, -0.15) is 13.2 Å². The van der Waals surface area contributed by atoms with Gasteiger partial charge >= 0.3 is 6.18 Å². The maximum absolute atomic E-state index is 13.1. The second kappa shape index (κ2) is 8.74. The molecule has 0 bridgehead atoms. The molecule has 1 N–H and O–H groups in total. The van der Waals surface area contributed by atoms with Crippen LogP contribution in [0.5, 0.6) is 0 Å². The molecule has 0 aliphatic heterocycles. The number of anilines is 1. The average Bonchev–Trinajstić information content (AvgIpc) is 3.14. The van der Waals surface area contributed by atoms with Crippen molar-refractivity contribution in [3.05, 3.63) is 87.8 Å². The Morgan fingerprint density at radius 1 is 1.03 bits per heavy atom. The zero-order chi connectivity index (χ0) is 21.9. The van der Waals surface area contributed by atoms with Crippen LogP contribution in [0.3, 0.4) is 0 Å². The highest BCUT2D eigenvalue weighted by atomic mass is 79.9. The number of hydrogen-bond donors (Lipinski definition) is 1. The SMILES string of the molecule is CN(Cc1ccccc1C(F)(F)F)C(=O)c1ccc(NC(=O)c2ccc(Br)o2)cc1. The summed E-state index contributed by atoms with van der Waals surface area (Å²) in [6.45, 7) is -0.194. The number of furan rings is 1. The molecule has 2 aromatic carbocycles. The molecule has 0 atom stereocenters. The van der Waals surface area contributed by atoms with E-state index in [-0.39, 0.29) is 23.4 Å². The summed E-state index contributed by atoms with van der Waals surface area (Å²) in [5.41, 5.74) is -0.0449. The molecule has 0 spiro atoms. The molecule has 1 aromatic heterocycles. The van der Waals surface area contributed by atoms with E-state index in [4.69, 9.17) is 4.42 Å². The van der Waals surface area contributed by atoms with Gasteiger partial charge in [-0.1, -0.05) is 18.2 Å². The standard InChI is InChI=1S/C21H16BrF3N2O3/c1-27(12-14-4-2-3-5-16(14)21(23,24)25)20(29)13-6-8-15(9-7-13)26-19(28)17-10-11-18(22)30-17/h2-11H,12H2,1H3,(H,26,28). The molecule has 0 aliphatic carbocycles. The molecule has 5 nitrogen and oxygen atoms in total. The highest BCUT2D eigenvalue weighted by Gasteiger charge is 2.33. The predicted molar refractivity (Wildman–Crippen MR) is 108 cm³/mol. The molecule has 0 saturated carbocycles. The normalized spacial score (nSPS) is 11.2. The summed E-state index contributed by atoms with van der Waals surface area (Å²) in [6, 6.07) is 14.3. The van der Waals surface area contributed by atoms with Crippen LogP contribution >= 0.6 is 15.9 Å². The molecule has 0 unspecified atom stereocenters. The fourth-order valence-electron chi connectivity index (χ4n) is 2.81. The van der Waals surface area contributed by atoms with Crippen LogP contribution < -0.4 is 5.32 Å². The van der Waals surface area contributed by atoms with Crippen LogP contribution in [-0.2, 0) is 12.7 Å². The van der Waals surface area contributed by atoms with Gasteiger partial charge in [0, 0.05) is 24.8 Å². The third-order valence-electron chi connectivity index (χ3n) is 4.26. The Labute approximate surface area is 178 Å². The molecule has 3 aromatic rings. The second-order valence-corrected chi connectivity index (χ2v) is 7.23. The zero-order valence-corrected chi connectivity index (χ0v) is 17.3. The minimum atomic E-state index is -4.50. The summed E-state index contributed by atoms with van der Waals surface area (Å²) in [7, 11) is 1.43. The number of rotatable bonds is 5. The van der Waals surface area contributed by atoms with Crippen molar-refractivity contribution in [1.82, 2.24) is 4.90 Å². The van der Waals surface area contributed by atoms with E-state index in [0.29, 0.717) is 10.4 Å². The van der Waals surface area contributed by atoms with E-state index in [1.54, 1.807) is 6.07 Å². The molecule has 1 heterocycles. The van der Waals surface area contributed by atoms with Gasteiger partial charge < -0.3 is 14.6 Å². The van der Waals surface area contributed by atoms with Crippen LogP contribution in [-0.4, -0.2) is 23.8 Å². The van der Waals surface area contributed by atoms with Crippen LogP contribution in [0, 0.1) is 0 Å². The molecule has 0 saturated heterocycles. The van der Waals surface area contributed by atoms with Gasteiger partial charge in [-0.25, -0.2) is 0 Å². The van der Waals surface area contributed by atoms with Crippen LogP contribution in [0.15, 0.2) is 69.8 Å². The Kier molecular flexibility index (Phi) is 6.31. The summed E-state index contributed by atoms with van der Waals surface area (Å²) >= 11 is 3.11. The van der Waals surface area contributed by atoms with Crippen molar-refractivity contribution in [3.63, 3.8) is 0 Å². The number of amides is 2. The summed E-state index contributed by atoms with van der Waals surface area (Å²) in [5, 5.41) is 2.63. The van der Waals surface area contributed by atoms with Gasteiger partial charge in [0.05, 0.1) is 5.56 Å². The predicted octanol–water partition coefficient (Wildman–Crippen LogP) is 5.59. The fourth-order valence-corrected chi connectivity index (χ4v) is 3.11. The average molecular weight is 481 g/mol. The van der Waals surface area contributed by atoms with Crippen LogP contribution in [0.2, 0.25) is 0 Å². The van der Waals surface area contributed by atoms with Crippen molar-refractivity contribution < 1.29 is 27.2 Å². The Morgan fingerprint density at radius 2 is 1.70 bits per heavy atom. The molecular formula is C21H16BrF3N2O3. The number of carbonyl (C=O) groups is 2. The van der Waals surface area contributed by atoms with Crippen LogP contribution in [0.1, 0.15) is 32.0 Å². The first-order valence-corrected chi connectivity index (χ1v) is 9.52. The van der Waals surface area contributed by atoms with E-state index in [9.17, 15) is 22.8 Å². The van der Waals surface area contributed by atoms with Gasteiger partial charge in [-0.3, -0.25) is 9.59 Å². The van der Waals surface area contributed by atoms with Crippen molar-refractivity contribution in [3.8, 4) is 0 Å². The molecule has 9 heteroatoms. The highest BCUT2D eigenvalue weighted by Crippen LogP contribution is 2.32. The first-order valence-electron chi connectivity index (χ1n) is 8.72. The fraction of sp³-hybridized carbons (Fsp3) is 0.143. The molecule has 0 aliphatic rings. The number of benzene rings is 2. The second-order valence-electron chi connectivity index (χ2n) is 6.45. The zero-order valence-electron chi connectivity index (χ0n) is 15.7. The van der Waals surface area contributed by atoms with Gasteiger partial charge in [0.1, 0.15) is 0 Å². The summed E-state index contributed by atoms with van der Waals surface area (Å²) in [4.78, 5) is 25.9. The lowest BCUT2D eigenvalue weighted by Gasteiger charge is -2.20. The maximum Gasteiger partial charge on any atom is 0.416 e. The highest BCUT2D eigenvalue weighted by molar-refractivity contribution is 9.10. The Hall–Kier alpha value is -3.07. The number of hydrogen-bond acceptors (Lipinski definition) is 3. The topological polar surface area (TPSA) is 62.6 Å². The number of nitrogens with zero attached hydrogens (tertiary/aromatic N) is 1. The number of halogens is 4. The maximum atomic E-state index is 13.1. The van der Waals surface area contributed by atoms with E-state index in [2.05, 4.69) is 21.2 Å². The third kappa shape index (κ3) is 5.10. The van der Waals surface area contributed by atoms with Crippen LogP contribution in [0.25, 0.3) is 0 Å². The molecule has 3 rings (SSSR count). The molecule has 0 radical (unpaired) electrons. The lowest BCUT2D eigenvalue weighted by atomic mass is 10.1. The monoisotopic (exact) mass is 480 g/mol. The van der Waals surface area contributed by atoms with E-state index < -0.39 is 23.6 Å². The first kappa shape index (κ1) is 21.6. The molecule has 2 amide bonds. The summed E-state index contributed by atoms with van der Waals surface area (Å²) < 4.78 is 45.0. The molecular weight excluding hydrogens is 465 g/mol. The Balaban J connectivity index is 1.68. The lowest BCUT2D eigenvalue weighted by molar-refractivity contribution is -0.138. The van der Waals surface area contributed by atoms with Crippen molar-refractivity contribution in [2.24, 2.45) is 0 Å². The van der Waals surface area contributed by atoms with Gasteiger partial charge in [0.25, 0.3) is 11.8 Å². The van der Waals surface area contributed by atoms with E-state index >= 15 is 0 Å². The minimum Gasteiger partial charge on any atom is -0.444 e. The first-order chi connectivity index (χ1) is 14.1. The van der Waals surface area contributed by atoms with Crippen molar-refractivity contribution in [1.29, 1.82) is 0 Å². The van der Waals surface area contributed by atoms with Crippen molar-refractivity contribution >= 4 is 33.4 Å². The number of alkyl halides is 3. The Bertz CT molecular complexity index is 1060. The van der Waals surface area contributed by atoms with Gasteiger partial charge in [0.15, 0.2) is 10.4 Å². The van der Waals surface area contributed by atoms with Crippen LogP contribution in [0.4, 0.5) is 18.9 Å². The van der Waals surface area contributed by atoms with Gasteiger partial charge in [-0.15, -0.1) is 0 Å². The van der Waals surface area contributed by atoms with Crippen molar-refractivity contribution in [2.45, 2.75) is 12.7 Å². The van der Waals surface area contributed by atoms with Gasteiger partial charge in [0.2, 0.25) is 0 Å². The quantitative estimate of drug-likeness (QED) is 0.517. The smallest absolute Gasteiger partial charge is 0.416 e. The largest absolute Gasteiger partial charge is 0.444 e. The summed E-state index contributed by atoms with van der Waals surface area (Å²) in [5.74, 6) is -0.787. The number of nitrogens with one attached hydrogen (secondary N) is 1. The lowest BCUT2D eigenvalue weighted by Crippen LogP contribution is -2.27. The Morgan fingerprint density at radius 3 is 2.30 bits per heavy atom. The van der Waals surface area contributed by atoms with E-state index in [1.807, 2.05) is 0 Å². The molecule has 0 fully saturated rings. The van der Waals surface area contributed by atoms with Gasteiger partial charge in [-0.05, 0) is 64.0 Å². The minimum absolute atomic E-state index is 0.00865. The summed E-state index contributed by atoms with van der Waals surface area (Å²) in [6.07, 6.45) is -4.50. The third-order valence-corrected chi connectivity index (χ3v) is 4.69. The van der Waals surface area contributed by atoms with E-state index in [0.717, 1.165) is 6.07 Å². The van der Waals surface area contributed by atoms with Crippen molar-refractivity contribution in [2.75, 3.05) is 12.4 Å². The van der Waals surface area contributed by atoms with E-state index in [1.165, 1.54) is 60.5 Å².